The van der Waals surface area contributed by atoms with E-state index in [1.165, 1.54) is 6.07 Å². The van der Waals surface area contributed by atoms with Gasteiger partial charge in [-0.3, -0.25) is 9.59 Å². The number of methoxy groups -OCH3 is 1. The number of ether oxygens (including phenoxy) is 1. The van der Waals surface area contributed by atoms with Crippen LogP contribution in [0.15, 0.2) is 75.9 Å². The Morgan fingerprint density at radius 2 is 1.60 bits per heavy atom. The molecule has 0 fully saturated rings. The molecule has 4 rings (SSSR count). The Labute approximate surface area is 173 Å². The van der Waals surface area contributed by atoms with Gasteiger partial charge in [0.15, 0.2) is 5.43 Å². The third-order valence-electron chi connectivity index (χ3n) is 4.92. The Morgan fingerprint density at radius 3 is 2.33 bits per heavy atom. The van der Waals surface area contributed by atoms with Gasteiger partial charge in [0.1, 0.15) is 17.1 Å². The number of fused-ring (bicyclic) bond motifs is 1. The molecule has 5 nitrogen and oxygen atoms in total. The van der Waals surface area contributed by atoms with Gasteiger partial charge in [0, 0.05) is 17.2 Å². The number of benzene rings is 3. The highest BCUT2D eigenvalue weighted by atomic mass is 16.5. The van der Waals surface area contributed by atoms with Crippen LogP contribution in [-0.2, 0) is 0 Å². The fourth-order valence-corrected chi connectivity index (χ4v) is 3.31. The number of anilines is 1. The first kappa shape index (κ1) is 19.5. The van der Waals surface area contributed by atoms with E-state index in [9.17, 15) is 9.59 Å². The molecule has 0 spiro atoms. The van der Waals surface area contributed by atoms with Crippen LogP contribution in [0.4, 0.5) is 5.69 Å². The summed E-state index contributed by atoms with van der Waals surface area (Å²) in [5.74, 6) is 0.809. The van der Waals surface area contributed by atoms with Gasteiger partial charge in [0.25, 0.3) is 5.91 Å². The predicted molar refractivity (Wildman–Crippen MR) is 118 cm³/mol. The molecule has 1 heterocycles. The minimum absolute atomic E-state index is 0.0942. The van der Waals surface area contributed by atoms with Crippen molar-refractivity contribution in [2.75, 3.05) is 12.4 Å². The third kappa shape index (κ3) is 3.82. The Morgan fingerprint density at radius 1 is 0.900 bits per heavy atom. The van der Waals surface area contributed by atoms with Gasteiger partial charge >= 0.3 is 0 Å². The Hall–Kier alpha value is -3.86. The molecule has 0 aliphatic rings. The lowest BCUT2D eigenvalue weighted by Gasteiger charge is -2.11. The van der Waals surface area contributed by atoms with Gasteiger partial charge in [-0.05, 0) is 55.8 Å². The number of nitrogens with one attached hydrogen (secondary N) is 1. The molecule has 0 saturated carbocycles. The maximum atomic E-state index is 12.7. The standard InChI is InChI=1S/C25H21NO4/c1-15-4-10-22-19(12-15)21(27)14-24(30-22)17-6-8-18(9-7-17)25(28)26-20-13-16(2)5-11-23(20)29-3/h4-14H,1-3H3,(H,26,28). The van der Waals surface area contributed by atoms with Crippen molar-refractivity contribution >= 4 is 22.6 Å². The van der Waals surface area contributed by atoms with Crippen molar-refractivity contribution < 1.29 is 13.9 Å². The van der Waals surface area contributed by atoms with Gasteiger partial charge < -0.3 is 14.5 Å². The smallest absolute Gasteiger partial charge is 0.255 e. The molecule has 0 atom stereocenters. The molecular weight excluding hydrogens is 378 g/mol. The zero-order chi connectivity index (χ0) is 21.3. The number of aryl methyl sites for hydroxylation is 2. The molecule has 1 amide bonds. The van der Waals surface area contributed by atoms with Gasteiger partial charge in [-0.15, -0.1) is 0 Å². The number of carbonyl (C=O) groups is 1. The van der Waals surface area contributed by atoms with Crippen LogP contribution in [0.3, 0.4) is 0 Å². The largest absolute Gasteiger partial charge is 0.495 e. The highest BCUT2D eigenvalue weighted by Gasteiger charge is 2.12. The van der Waals surface area contributed by atoms with Crippen molar-refractivity contribution in [3.05, 3.63) is 93.6 Å². The summed E-state index contributed by atoms with van der Waals surface area (Å²) in [6.45, 7) is 3.88. The highest BCUT2D eigenvalue weighted by molar-refractivity contribution is 6.05. The van der Waals surface area contributed by atoms with Gasteiger partial charge in [0.05, 0.1) is 18.2 Å². The lowest BCUT2D eigenvalue weighted by Crippen LogP contribution is -2.12. The molecule has 4 aromatic rings. The van der Waals surface area contributed by atoms with Crippen molar-refractivity contribution in [3.8, 4) is 17.1 Å². The van der Waals surface area contributed by atoms with Crippen molar-refractivity contribution in [2.24, 2.45) is 0 Å². The van der Waals surface area contributed by atoms with E-state index in [1.54, 1.807) is 37.4 Å². The molecule has 30 heavy (non-hydrogen) atoms. The van der Waals surface area contributed by atoms with Gasteiger partial charge in [-0.25, -0.2) is 0 Å². The van der Waals surface area contributed by atoms with E-state index in [-0.39, 0.29) is 11.3 Å². The quantitative estimate of drug-likeness (QED) is 0.503. The molecule has 0 radical (unpaired) electrons. The SMILES string of the molecule is COc1ccc(C)cc1NC(=O)c1ccc(-c2cc(=O)c3cc(C)ccc3o2)cc1. The van der Waals surface area contributed by atoms with E-state index in [0.717, 1.165) is 16.7 Å². The van der Waals surface area contributed by atoms with Gasteiger partial charge in [0.2, 0.25) is 0 Å². The Balaban J connectivity index is 1.61. The van der Waals surface area contributed by atoms with Crippen LogP contribution >= 0.6 is 0 Å². The predicted octanol–water partition coefficient (Wildman–Crippen LogP) is 5.34. The molecule has 1 N–H and O–H groups in total. The Bertz CT molecular complexity index is 1300. The van der Waals surface area contributed by atoms with E-state index in [1.807, 2.05) is 44.2 Å². The zero-order valence-electron chi connectivity index (χ0n) is 17.0. The maximum Gasteiger partial charge on any atom is 0.255 e. The van der Waals surface area contributed by atoms with E-state index in [2.05, 4.69) is 5.32 Å². The minimum Gasteiger partial charge on any atom is -0.495 e. The number of carbonyl (C=O) groups excluding carboxylic acids is 1. The summed E-state index contributed by atoms with van der Waals surface area (Å²) in [4.78, 5) is 25.1. The highest BCUT2D eigenvalue weighted by Crippen LogP contribution is 2.27. The first-order valence-corrected chi connectivity index (χ1v) is 9.55. The zero-order valence-corrected chi connectivity index (χ0v) is 17.0. The lowest BCUT2D eigenvalue weighted by molar-refractivity contribution is 0.102. The maximum absolute atomic E-state index is 12.7. The van der Waals surface area contributed by atoms with Crippen molar-refractivity contribution in [2.45, 2.75) is 13.8 Å². The van der Waals surface area contributed by atoms with Crippen LogP contribution < -0.4 is 15.5 Å². The summed E-state index contributed by atoms with van der Waals surface area (Å²) < 4.78 is 11.2. The van der Waals surface area contributed by atoms with Crippen LogP contribution in [0.5, 0.6) is 5.75 Å². The number of hydrogen-bond acceptors (Lipinski definition) is 4. The molecule has 0 saturated heterocycles. The van der Waals surface area contributed by atoms with Crippen LogP contribution in [0.1, 0.15) is 21.5 Å². The van der Waals surface area contributed by atoms with E-state index >= 15 is 0 Å². The van der Waals surface area contributed by atoms with Crippen molar-refractivity contribution in [3.63, 3.8) is 0 Å². The summed E-state index contributed by atoms with van der Waals surface area (Å²) in [5, 5.41) is 3.44. The molecular formula is C25H21NO4. The normalized spacial score (nSPS) is 10.8. The average molecular weight is 399 g/mol. The van der Waals surface area contributed by atoms with Crippen LogP contribution in [0, 0.1) is 13.8 Å². The molecule has 150 valence electrons. The van der Waals surface area contributed by atoms with Crippen LogP contribution in [-0.4, -0.2) is 13.0 Å². The molecule has 0 bridgehead atoms. The second-order valence-corrected chi connectivity index (χ2v) is 7.21. The number of amides is 1. The summed E-state index contributed by atoms with van der Waals surface area (Å²) in [6, 6.07) is 19.5. The monoisotopic (exact) mass is 399 g/mol. The second kappa shape index (κ2) is 7.87. The summed E-state index contributed by atoms with van der Waals surface area (Å²) in [7, 11) is 1.56. The Kier molecular flexibility index (Phi) is 5.11. The number of hydrogen-bond donors (Lipinski definition) is 1. The van der Waals surface area contributed by atoms with E-state index < -0.39 is 0 Å². The molecule has 5 heteroatoms. The average Bonchev–Trinajstić information content (AvgIpc) is 2.74. The summed E-state index contributed by atoms with van der Waals surface area (Å²) >= 11 is 0. The fourth-order valence-electron chi connectivity index (χ4n) is 3.31. The van der Waals surface area contributed by atoms with E-state index in [0.29, 0.717) is 33.7 Å². The van der Waals surface area contributed by atoms with E-state index in [4.69, 9.17) is 9.15 Å². The first-order valence-electron chi connectivity index (χ1n) is 9.55. The van der Waals surface area contributed by atoms with Gasteiger partial charge in [-0.2, -0.15) is 0 Å². The molecule has 0 aliphatic heterocycles. The number of rotatable bonds is 4. The molecule has 1 aromatic heterocycles. The second-order valence-electron chi connectivity index (χ2n) is 7.21. The van der Waals surface area contributed by atoms with Gasteiger partial charge in [-0.1, -0.05) is 29.8 Å². The third-order valence-corrected chi connectivity index (χ3v) is 4.92. The summed E-state index contributed by atoms with van der Waals surface area (Å²) in [5.41, 5.74) is 4.29. The first-order chi connectivity index (χ1) is 14.4. The summed E-state index contributed by atoms with van der Waals surface area (Å²) in [6.07, 6.45) is 0. The van der Waals surface area contributed by atoms with Crippen molar-refractivity contribution in [1.82, 2.24) is 0 Å². The topological polar surface area (TPSA) is 68.5 Å². The lowest BCUT2D eigenvalue weighted by atomic mass is 10.1. The minimum atomic E-state index is -0.249. The molecule has 0 unspecified atom stereocenters. The molecule has 0 aliphatic carbocycles. The van der Waals surface area contributed by atoms with Crippen molar-refractivity contribution in [1.29, 1.82) is 0 Å². The molecule has 3 aromatic carbocycles. The van der Waals surface area contributed by atoms with Crippen LogP contribution in [0.2, 0.25) is 0 Å². The fraction of sp³-hybridized carbons (Fsp3) is 0.120. The van der Waals surface area contributed by atoms with Crippen LogP contribution in [0.25, 0.3) is 22.3 Å².